The van der Waals surface area contributed by atoms with Crippen LogP contribution in [-0.4, -0.2) is 17.0 Å². The van der Waals surface area contributed by atoms with Gasteiger partial charge >= 0.3 is 0 Å². The Bertz CT molecular complexity index is 337. The zero-order valence-electron chi connectivity index (χ0n) is 9.62. The summed E-state index contributed by atoms with van der Waals surface area (Å²) in [5.41, 5.74) is 0.831. The number of ether oxygens (including phenoxy) is 1. The third-order valence-corrected chi connectivity index (χ3v) is 6.14. The fourth-order valence-electron chi connectivity index (χ4n) is 5.52. The van der Waals surface area contributed by atoms with Gasteiger partial charge in [-0.1, -0.05) is 20.3 Å². The molecular formula is C13H20O2. The van der Waals surface area contributed by atoms with Crippen LogP contribution in [0.25, 0.3) is 0 Å². The lowest BCUT2D eigenvalue weighted by Crippen LogP contribution is -2.37. The molecule has 5 atom stereocenters. The molecule has 1 heterocycles. The molecule has 15 heavy (non-hydrogen) atoms. The summed E-state index contributed by atoms with van der Waals surface area (Å²) in [6, 6.07) is 0. The maximum absolute atomic E-state index is 10.4. The van der Waals surface area contributed by atoms with E-state index in [0.717, 1.165) is 12.3 Å². The zero-order chi connectivity index (χ0) is 10.5. The second kappa shape index (κ2) is 2.14. The van der Waals surface area contributed by atoms with E-state index in [1.54, 1.807) is 0 Å². The largest absolute Gasteiger partial charge is 0.363 e. The molecule has 0 radical (unpaired) electrons. The molecule has 3 saturated carbocycles. The van der Waals surface area contributed by atoms with Crippen molar-refractivity contribution in [2.75, 3.05) is 0 Å². The SMILES string of the molecule is CC1(C)C2CC3(CCC[C@H]31)CC1OC12O. The molecular weight excluding hydrogens is 188 g/mol. The fourth-order valence-corrected chi connectivity index (χ4v) is 5.52. The van der Waals surface area contributed by atoms with Gasteiger partial charge in [0.2, 0.25) is 0 Å². The molecule has 1 spiro atoms. The Balaban J connectivity index is 1.85. The van der Waals surface area contributed by atoms with E-state index in [1.165, 1.54) is 25.7 Å². The molecule has 1 aliphatic heterocycles. The summed E-state index contributed by atoms with van der Waals surface area (Å²) in [5.74, 6) is 0.517. The van der Waals surface area contributed by atoms with E-state index in [1.807, 2.05) is 0 Å². The van der Waals surface area contributed by atoms with Crippen LogP contribution in [0.3, 0.4) is 0 Å². The van der Waals surface area contributed by atoms with Crippen LogP contribution in [0, 0.1) is 22.7 Å². The molecule has 4 aliphatic rings. The first-order valence-electron chi connectivity index (χ1n) is 6.39. The van der Waals surface area contributed by atoms with Gasteiger partial charge in [-0.3, -0.25) is 0 Å². The molecule has 0 amide bonds. The fraction of sp³-hybridized carbons (Fsp3) is 1.00. The maximum atomic E-state index is 10.4. The topological polar surface area (TPSA) is 32.8 Å². The highest BCUT2D eigenvalue weighted by atomic mass is 16.7. The van der Waals surface area contributed by atoms with Crippen LogP contribution >= 0.6 is 0 Å². The minimum absolute atomic E-state index is 0.179. The molecule has 2 heteroatoms. The van der Waals surface area contributed by atoms with Crippen molar-refractivity contribution < 1.29 is 9.84 Å². The molecule has 4 rings (SSSR count). The van der Waals surface area contributed by atoms with Crippen LogP contribution in [0.15, 0.2) is 0 Å². The quantitative estimate of drug-likeness (QED) is 0.620. The minimum Gasteiger partial charge on any atom is -0.363 e. The summed E-state index contributed by atoms with van der Waals surface area (Å²) in [4.78, 5) is 0. The smallest absolute Gasteiger partial charge is 0.196 e. The van der Waals surface area contributed by atoms with E-state index in [0.29, 0.717) is 11.3 Å². The number of fused-ring (bicyclic) bond motifs is 3. The van der Waals surface area contributed by atoms with Crippen LogP contribution in [0.2, 0.25) is 0 Å². The van der Waals surface area contributed by atoms with E-state index < -0.39 is 5.79 Å². The lowest BCUT2D eigenvalue weighted by Gasteiger charge is -2.34. The molecule has 84 valence electrons. The van der Waals surface area contributed by atoms with Crippen molar-refractivity contribution in [3.8, 4) is 0 Å². The van der Waals surface area contributed by atoms with E-state index in [-0.39, 0.29) is 11.5 Å². The number of hydrogen-bond donors (Lipinski definition) is 1. The zero-order valence-corrected chi connectivity index (χ0v) is 9.62. The third-order valence-electron chi connectivity index (χ3n) is 6.14. The average Bonchev–Trinajstić information content (AvgIpc) is 2.54. The van der Waals surface area contributed by atoms with Crippen LogP contribution in [0.5, 0.6) is 0 Å². The van der Waals surface area contributed by atoms with Gasteiger partial charge in [0.15, 0.2) is 5.79 Å². The highest BCUT2D eigenvalue weighted by molar-refractivity contribution is 5.21. The summed E-state index contributed by atoms with van der Waals surface area (Å²) in [7, 11) is 0. The maximum Gasteiger partial charge on any atom is 0.196 e. The molecule has 0 aromatic heterocycles. The summed E-state index contributed by atoms with van der Waals surface area (Å²) < 4.78 is 5.59. The van der Waals surface area contributed by atoms with Crippen molar-refractivity contribution >= 4 is 0 Å². The normalized spacial score (nSPS) is 63.8. The summed E-state index contributed by atoms with van der Waals surface area (Å²) in [5, 5.41) is 10.4. The molecule has 1 saturated heterocycles. The Morgan fingerprint density at radius 1 is 1.20 bits per heavy atom. The highest BCUT2D eigenvalue weighted by Gasteiger charge is 2.77. The summed E-state index contributed by atoms with van der Waals surface area (Å²) >= 11 is 0. The minimum atomic E-state index is -0.723. The molecule has 2 nitrogen and oxygen atoms in total. The first-order valence-corrected chi connectivity index (χ1v) is 6.39. The Morgan fingerprint density at radius 3 is 2.80 bits per heavy atom. The molecule has 0 aromatic carbocycles. The molecule has 4 unspecified atom stereocenters. The van der Waals surface area contributed by atoms with Gasteiger partial charge in [-0.05, 0) is 42.4 Å². The monoisotopic (exact) mass is 208 g/mol. The van der Waals surface area contributed by atoms with Crippen molar-refractivity contribution in [2.45, 2.75) is 57.8 Å². The Morgan fingerprint density at radius 2 is 2.00 bits per heavy atom. The first-order chi connectivity index (χ1) is 6.99. The Hall–Kier alpha value is -0.0800. The van der Waals surface area contributed by atoms with Gasteiger partial charge in [-0.15, -0.1) is 0 Å². The van der Waals surface area contributed by atoms with Crippen LogP contribution < -0.4 is 0 Å². The van der Waals surface area contributed by atoms with Gasteiger partial charge < -0.3 is 9.84 Å². The molecule has 0 aromatic rings. The summed E-state index contributed by atoms with van der Waals surface area (Å²) in [6.45, 7) is 4.72. The molecule has 2 bridgehead atoms. The Kier molecular flexibility index (Phi) is 1.29. The van der Waals surface area contributed by atoms with Crippen LogP contribution in [-0.2, 0) is 4.74 Å². The van der Waals surface area contributed by atoms with Crippen LogP contribution in [0.4, 0.5) is 0 Å². The van der Waals surface area contributed by atoms with Gasteiger partial charge in [-0.25, -0.2) is 0 Å². The second-order valence-corrected chi connectivity index (χ2v) is 6.95. The van der Waals surface area contributed by atoms with Crippen molar-refractivity contribution in [3.05, 3.63) is 0 Å². The summed E-state index contributed by atoms with van der Waals surface area (Å²) in [6.07, 6.45) is 6.69. The van der Waals surface area contributed by atoms with E-state index in [9.17, 15) is 5.11 Å². The number of hydrogen-bond acceptors (Lipinski definition) is 2. The van der Waals surface area contributed by atoms with E-state index >= 15 is 0 Å². The van der Waals surface area contributed by atoms with Crippen LogP contribution in [0.1, 0.15) is 46.0 Å². The van der Waals surface area contributed by atoms with Crippen molar-refractivity contribution in [1.29, 1.82) is 0 Å². The molecule has 4 fully saturated rings. The number of epoxide rings is 1. The van der Waals surface area contributed by atoms with Gasteiger partial charge in [0.05, 0.1) is 0 Å². The predicted octanol–water partition coefficient (Wildman–Crippen LogP) is 2.31. The lowest BCUT2D eigenvalue weighted by molar-refractivity contribution is -0.0607. The first kappa shape index (κ1) is 9.00. The highest BCUT2D eigenvalue weighted by Crippen LogP contribution is 2.75. The van der Waals surface area contributed by atoms with Crippen molar-refractivity contribution in [1.82, 2.24) is 0 Å². The van der Waals surface area contributed by atoms with Crippen molar-refractivity contribution in [2.24, 2.45) is 22.7 Å². The van der Waals surface area contributed by atoms with Crippen molar-refractivity contribution in [3.63, 3.8) is 0 Å². The van der Waals surface area contributed by atoms with Gasteiger partial charge in [0.25, 0.3) is 0 Å². The second-order valence-electron chi connectivity index (χ2n) is 6.95. The van der Waals surface area contributed by atoms with Gasteiger partial charge in [-0.2, -0.15) is 0 Å². The van der Waals surface area contributed by atoms with E-state index in [2.05, 4.69) is 13.8 Å². The number of aliphatic hydroxyl groups is 1. The molecule has 1 N–H and O–H groups in total. The predicted molar refractivity (Wildman–Crippen MR) is 56.1 cm³/mol. The Labute approximate surface area is 91.0 Å². The van der Waals surface area contributed by atoms with Gasteiger partial charge in [0.1, 0.15) is 6.10 Å². The standard InChI is InChI=1S/C13H20O2/c1-11(2)8-4-3-5-12(8)6-9(11)13(14)10(7-12)15-13/h8-10,14H,3-7H2,1-2H3/t8-,9?,10?,12?,13?/m0/s1. The third kappa shape index (κ3) is 0.794. The number of rotatable bonds is 0. The molecule has 3 aliphatic carbocycles. The van der Waals surface area contributed by atoms with E-state index in [4.69, 9.17) is 4.74 Å². The lowest BCUT2D eigenvalue weighted by atomic mass is 9.71. The van der Waals surface area contributed by atoms with Gasteiger partial charge in [0, 0.05) is 5.92 Å². The average molecular weight is 208 g/mol.